The lowest BCUT2D eigenvalue weighted by Crippen LogP contribution is -3.00. The number of halogens is 1. The van der Waals surface area contributed by atoms with Crippen molar-refractivity contribution in [2.24, 2.45) is 22.7 Å². The van der Waals surface area contributed by atoms with Gasteiger partial charge in [-0.25, -0.2) is 0 Å². The number of hydrogen-bond acceptors (Lipinski definition) is 4. The average Bonchev–Trinajstić information content (AvgIpc) is 3.52. The monoisotopic (exact) mass is 609 g/mol. The van der Waals surface area contributed by atoms with Crippen molar-refractivity contribution in [2.45, 2.75) is 101 Å². The fourth-order valence-corrected chi connectivity index (χ4v) is 10.3. The van der Waals surface area contributed by atoms with E-state index in [0.717, 1.165) is 49.0 Å². The van der Waals surface area contributed by atoms with Gasteiger partial charge in [0.2, 0.25) is 0 Å². The van der Waals surface area contributed by atoms with Gasteiger partial charge in [-0.2, -0.15) is 0 Å². The maximum absolute atomic E-state index is 12.3. The maximum Gasteiger partial charge on any atom is 0.165 e. The third kappa shape index (κ3) is 2.69. The van der Waals surface area contributed by atoms with Crippen molar-refractivity contribution in [2.75, 3.05) is 27.2 Å². The number of hydrogen-bond donors (Lipinski definition) is 2. The highest BCUT2D eigenvalue weighted by Crippen LogP contribution is 2.78. The van der Waals surface area contributed by atoms with E-state index in [1.807, 2.05) is 20.1 Å². The predicted molar refractivity (Wildman–Crippen MR) is 135 cm³/mol. The van der Waals surface area contributed by atoms with Crippen molar-refractivity contribution >= 4 is 0 Å². The molecule has 8 atom stereocenters. The van der Waals surface area contributed by atoms with Crippen molar-refractivity contribution in [3.8, 4) is 11.5 Å². The predicted octanol–water partition coefficient (Wildman–Crippen LogP) is 1.56. The molecule has 2 spiro atoms. The second kappa shape index (κ2) is 7.33. The summed E-state index contributed by atoms with van der Waals surface area (Å²) in [6.07, 6.45) is 7.74. The van der Waals surface area contributed by atoms with Gasteiger partial charge in [-0.15, -0.1) is 0 Å². The molecule has 0 aromatic heterocycles. The summed E-state index contributed by atoms with van der Waals surface area (Å²) in [7, 11) is 4.37. The Labute approximate surface area is 233 Å². The van der Waals surface area contributed by atoms with Crippen LogP contribution in [-0.4, -0.2) is 65.3 Å². The summed E-state index contributed by atoms with van der Waals surface area (Å²) in [6, 6.07) is 4.55. The number of phenolic OH excluding ortho intramolecular Hbond substituents is 1. The Morgan fingerprint density at radius 3 is 2.50 bits per heavy atom. The number of methoxy groups -OCH3 is 1. The van der Waals surface area contributed by atoms with Crippen LogP contribution in [0.4, 0.5) is 0 Å². The van der Waals surface area contributed by atoms with Crippen molar-refractivity contribution < 1.29 is 48.1 Å². The summed E-state index contributed by atoms with van der Waals surface area (Å²) in [5.74, 6) is 1.83. The zero-order valence-corrected chi connectivity index (χ0v) is 25.0. The number of piperidine rings is 1. The Morgan fingerprint density at radius 1 is 1.14 bits per heavy atom. The number of rotatable bonds is 4. The van der Waals surface area contributed by atoms with Gasteiger partial charge in [0.25, 0.3) is 0 Å². The van der Waals surface area contributed by atoms with Crippen LogP contribution in [0.5, 0.6) is 11.5 Å². The van der Waals surface area contributed by atoms with Crippen LogP contribution in [-0.2, 0) is 16.6 Å². The number of nitrogens with zero attached hydrogens (tertiary/aromatic N) is 1. The summed E-state index contributed by atoms with van der Waals surface area (Å²) in [5.41, 5.74) is 0.817. The van der Waals surface area contributed by atoms with E-state index in [4.69, 9.17) is 9.47 Å². The average molecular weight is 610 g/mol. The zero-order valence-electron chi connectivity index (χ0n) is 22.9. The number of phenols is 1. The molecule has 0 radical (unpaired) electrons. The third-order valence-corrected chi connectivity index (χ3v) is 12.6. The molecule has 6 heteroatoms. The topological polar surface area (TPSA) is 58.9 Å². The second-order valence-corrected chi connectivity index (χ2v) is 14.7. The molecular weight excluding hydrogens is 565 g/mol. The molecule has 0 amide bonds. The molecule has 2 N–H and O–H groups in total. The molecule has 2 heterocycles. The number of benzene rings is 1. The van der Waals surface area contributed by atoms with Crippen molar-refractivity contribution in [3.05, 3.63) is 23.3 Å². The molecule has 8 rings (SSSR count). The highest BCUT2D eigenvalue weighted by Gasteiger charge is 2.84. The van der Waals surface area contributed by atoms with Gasteiger partial charge >= 0.3 is 0 Å². The molecular formula is C30H44INO4. The van der Waals surface area contributed by atoms with E-state index in [-0.39, 0.29) is 58.0 Å². The molecule has 1 aromatic carbocycles. The lowest BCUT2D eigenvalue weighted by molar-refractivity contribution is -0.952. The number of aromatic hydroxyl groups is 1. The molecule has 5 nitrogen and oxygen atoms in total. The van der Waals surface area contributed by atoms with E-state index in [0.29, 0.717) is 11.8 Å². The number of ether oxygens (including phenoxy) is 2. The van der Waals surface area contributed by atoms with Crippen molar-refractivity contribution in [1.29, 1.82) is 0 Å². The Hall–Kier alpha value is -0.570. The van der Waals surface area contributed by atoms with E-state index in [1.54, 1.807) is 0 Å². The maximum atomic E-state index is 12.3. The Morgan fingerprint density at radius 2 is 1.86 bits per heavy atom. The van der Waals surface area contributed by atoms with Crippen molar-refractivity contribution in [1.82, 2.24) is 0 Å². The summed E-state index contributed by atoms with van der Waals surface area (Å²) >= 11 is 0. The summed E-state index contributed by atoms with van der Waals surface area (Å²) in [5, 5.41) is 23.3. The first kappa shape index (κ1) is 25.7. The minimum absolute atomic E-state index is 0. The van der Waals surface area contributed by atoms with E-state index in [9.17, 15) is 10.2 Å². The van der Waals surface area contributed by atoms with Crippen LogP contribution in [0.15, 0.2) is 12.1 Å². The van der Waals surface area contributed by atoms with Crippen LogP contribution in [0.3, 0.4) is 0 Å². The molecule has 36 heavy (non-hydrogen) atoms. The Balaban J connectivity index is 0.00000240. The number of likely N-dealkylation sites (tertiary alicyclic amines) is 1. The minimum atomic E-state index is -0.910. The van der Waals surface area contributed by atoms with Crippen LogP contribution < -0.4 is 28.7 Å². The fourth-order valence-electron chi connectivity index (χ4n) is 10.3. The molecule has 1 saturated heterocycles. The summed E-state index contributed by atoms with van der Waals surface area (Å²) in [4.78, 5) is 0. The highest BCUT2D eigenvalue weighted by molar-refractivity contribution is 5.63. The van der Waals surface area contributed by atoms with E-state index in [2.05, 4.69) is 33.9 Å². The zero-order chi connectivity index (χ0) is 24.8. The SMILES string of the molecule is CO[C@@]12CCC3(C[C@@H]1[C@@](C)(O)C(C)(C)C)[C@H]1Cc4ccc(O)c5c4[C@@]3(CC[N+]1(C)CC1CC1)[C@H]2O5.[I-]. The first-order valence-corrected chi connectivity index (χ1v) is 14.0. The molecule has 4 saturated carbocycles. The lowest BCUT2D eigenvalue weighted by atomic mass is 9.33. The van der Waals surface area contributed by atoms with Crippen LogP contribution >= 0.6 is 0 Å². The lowest BCUT2D eigenvalue weighted by Gasteiger charge is -2.75. The van der Waals surface area contributed by atoms with Crippen LogP contribution in [0.1, 0.15) is 77.3 Å². The standard InChI is InChI=1S/C30H43NO4.HI/c1-26(2,3)27(4,33)21-16-28-11-12-30(21,34-6)25-29(28)13-14-31(5,17-18-7-8-18)22(28)15-19-9-10-20(32)24(35-25)23(19)29;/h9-10,18,21-22,25,33H,7-8,11-17H2,1-6H3;1H/t21-,22-,25-,27-,28?,29+,30+,31?;/m1./s1. The largest absolute Gasteiger partial charge is 1.00 e. The molecule has 2 aliphatic heterocycles. The molecule has 1 aromatic rings. The minimum Gasteiger partial charge on any atom is -1.00 e. The van der Waals surface area contributed by atoms with E-state index in [1.165, 1.54) is 30.5 Å². The summed E-state index contributed by atoms with van der Waals surface area (Å²) < 4.78 is 14.7. The fraction of sp³-hybridized carbons (Fsp3) is 0.800. The van der Waals surface area contributed by atoms with Crippen LogP contribution in [0, 0.1) is 22.7 Å². The van der Waals surface area contributed by atoms with Gasteiger partial charge in [0.05, 0.1) is 37.2 Å². The van der Waals surface area contributed by atoms with Crippen LogP contribution in [0.2, 0.25) is 0 Å². The van der Waals surface area contributed by atoms with Gasteiger partial charge in [0, 0.05) is 42.8 Å². The van der Waals surface area contributed by atoms with Gasteiger partial charge in [0.15, 0.2) is 11.5 Å². The number of quaternary nitrogens is 1. The summed E-state index contributed by atoms with van der Waals surface area (Å²) in [6.45, 7) is 11.0. The Bertz CT molecular complexity index is 1110. The third-order valence-electron chi connectivity index (χ3n) is 12.6. The Kier molecular flexibility index (Phi) is 5.23. The van der Waals surface area contributed by atoms with Gasteiger partial charge in [0.1, 0.15) is 11.7 Å². The molecule has 200 valence electrons. The number of aliphatic hydroxyl groups is 1. The van der Waals surface area contributed by atoms with Crippen LogP contribution in [0.25, 0.3) is 0 Å². The molecule has 5 aliphatic carbocycles. The van der Waals surface area contributed by atoms with E-state index >= 15 is 0 Å². The van der Waals surface area contributed by atoms with Gasteiger partial charge in [-0.1, -0.05) is 26.8 Å². The number of fused-ring (bicyclic) bond motifs is 2. The molecule has 4 bridgehead atoms. The number of likely N-dealkylation sites (N-methyl/N-ethyl adjacent to an activating group) is 1. The normalized spacial score (nSPS) is 45.4. The first-order chi connectivity index (χ1) is 16.4. The molecule has 7 aliphatic rings. The second-order valence-electron chi connectivity index (χ2n) is 14.7. The molecule has 2 unspecified atom stereocenters. The smallest absolute Gasteiger partial charge is 0.165 e. The van der Waals surface area contributed by atoms with E-state index < -0.39 is 11.2 Å². The quantitative estimate of drug-likeness (QED) is 0.402. The first-order valence-electron chi connectivity index (χ1n) is 14.0. The van der Waals surface area contributed by atoms with Gasteiger partial charge < -0.3 is 48.1 Å². The van der Waals surface area contributed by atoms with Gasteiger partial charge in [-0.05, 0) is 56.1 Å². The van der Waals surface area contributed by atoms with Crippen molar-refractivity contribution in [3.63, 3.8) is 0 Å². The highest BCUT2D eigenvalue weighted by atomic mass is 127. The molecule has 5 fully saturated rings. The van der Waals surface area contributed by atoms with Gasteiger partial charge in [-0.3, -0.25) is 0 Å².